The SMILES string of the molecule is COC(=O)C(N)CCCC[C@H]1O[C@@H](n2cnc3c(N)ncnc32)[C@H](O)[C@@H]1O. The number of carbonyl (C=O) groups is 1. The number of anilines is 1. The average Bonchev–Trinajstić information content (AvgIpc) is 3.21. The van der Waals surface area contributed by atoms with Crippen LogP contribution in [0.3, 0.4) is 0 Å². The zero-order valence-electron chi connectivity index (χ0n) is 14.9. The molecule has 0 radical (unpaired) electrons. The van der Waals surface area contributed by atoms with Crippen LogP contribution in [0, 0.1) is 0 Å². The molecule has 11 nitrogen and oxygen atoms in total. The molecule has 3 heterocycles. The minimum atomic E-state index is -1.14. The minimum Gasteiger partial charge on any atom is -0.468 e. The lowest BCUT2D eigenvalue weighted by atomic mass is 10.0. The van der Waals surface area contributed by atoms with Crippen LogP contribution >= 0.6 is 0 Å². The predicted octanol–water partition coefficient (Wildman–Crippen LogP) is -0.912. The normalized spacial score (nSPS) is 26.4. The molecule has 6 N–H and O–H groups in total. The maximum atomic E-state index is 11.3. The van der Waals surface area contributed by atoms with E-state index in [9.17, 15) is 15.0 Å². The highest BCUT2D eigenvalue weighted by atomic mass is 16.6. The number of aliphatic hydroxyl groups excluding tert-OH is 2. The molecule has 148 valence electrons. The van der Waals surface area contributed by atoms with Gasteiger partial charge < -0.3 is 31.2 Å². The Bertz CT molecular complexity index is 799. The largest absolute Gasteiger partial charge is 0.468 e. The predicted molar refractivity (Wildman–Crippen MR) is 94.1 cm³/mol. The van der Waals surface area contributed by atoms with E-state index in [1.165, 1.54) is 24.3 Å². The molecule has 0 aromatic carbocycles. The van der Waals surface area contributed by atoms with E-state index in [1.54, 1.807) is 0 Å². The molecule has 1 unspecified atom stereocenters. The second-order valence-electron chi connectivity index (χ2n) is 6.54. The lowest BCUT2D eigenvalue weighted by Gasteiger charge is -2.16. The van der Waals surface area contributed by atoms with Gasteiger partial charge in [0.05, 0.1) is 19.5 Å². The van der Waals surface area contributed by atoms with Crippen LogP contribution in [0.25, 0.3) is 11.2 Å². The highest BCUT2D eigenvalue weighted by Gasteiger charge is 2.43. The number of hydrogen-bond acceptors (Lipinski definition) is 10. The first kappa shape index (κ1) is 19.4. The molecule has 1 fully saturated rings. The Balaban J connectivity index is 1.60. The van der Waals surface area contributed by atoms with Crippen LogP contribution in [-0.2, 0) is 14.3 Å². The first-order valence-corrected chi connectivity index (χ1v) is 8.72. The van der Waals surface area contributed by atoms with Crippen molar-refractivity contribution in [1.82, 2.24) is 19.5 Å². The number of carbonyl (C=O) groups excluding carboxylic acids is 1. The van der Waals surface area contributed by atoms with Gasteiger partial charge in [-0.3, -0.25) is 9.36 Å². The summed E-state index contributed by atoms with van der Waals surface area (Å²) in [5.41, 5.74) is 12.3. The van der Waals surface area contributed by atoms with Crippen molar-refractivity contribution in [2.45, 2.75) is 56.3 Å². The van der Waals surface area contributed by atoms with E-state index in [4.69, 9.17) is 16.2 Å². The third-order valence-electron chi connectivity index (χ3n) is 4.76. The summed E-state index contributed by atoms with van der Waals surface area (Å²) in [5.74, 6) is -0.221. The standard InChI is InChI=1S/C16H24N6O5/c1-26-16(25)8(17)4-2-3-5-9-11(23)12(24)15(27-9)22-7-21-10-13(18)19-6-20-14(10)22/h6-9,11-12,15,23-24H,2-5,17H2,1H3,(H2,18,19,20)/t8?,9-,11-,12-,15-/m1/s1. The molecule has 0 amide bonds. The van der Waals surface area contributed by atoms with Crippen molar-refractivity contribution >= 4 is 23.0 Å². The van der Waals surface area contributed by atoms with Gasteiger partial charge in [0.2, 0.25) is 0 Å². The van der Waals surface area contributed by atoms with Gasteiger partial charge in [-0.1, -0.05) is 12.8 Å². The Morgan fingerprint density at radius 1 is 1.33 bits per heavy atom. The molecule has 1 aliphatic heterocycles. The zero-order chi connectivity index (χ0) is 19.6. The Morgan fingerprint density at radius 3 is 2.85 bits per heavy atom. The van der Waals surface area contributed by atoms with Crippen molar-refractivity contribution in [2.75, 3.05) is 12.8 Å². The highest BCUT2D eigenvalue weighted by Crippen LogP contribution is 2.33. The number of ether oxygens (including phenoxy) is 2. The van der Waals surface area contributed by atoms with E-state index in [-0.39, 0.29) is 5.82 Å². The summed E-state index contributed by atoms with van der Waals surface area (Å²) in [6.07, 6.45) is 1.49. The summed E-state index contributed by atoms with van der Waals surface area (Å²) in [5, 5.41) is 20.7. The fourth-order valence-corrected chi connectivity index (χ4v) is 3.23. The van der Waals surface area contributed by atoms with Crippen LogP contribution in [0.5, 0.6) is 0 Å². The first-order valence-electron chi connectivity index (χ1n) is 8.72. The van der Waals surface area contributed by atoms with Gasteiger partial charge in [-0.2, -0.15) is 0 Å². The molecule has 0 saturated carbocycles. The van der Waals surface area contributed by atoms with Gasteiger partial charge in [0.1, 0.15) is 30.1 Å². The van der Waals surface area contributed by atoms with E-state index in [1.807, 2.05) is 0 Å². The van der Waals surface area contributed by atoms with Crippen molar-refractivity contribution in [1.29, 1.82) is 0 Å². The first-order chi connectivity index (χ1) is 12.9. The summed E-state index contributed by atoms with van der Waals surface area (Å²) < 4.78 is 12.0. The summed E-state index contributed by atoms with van der Waals surface area (Å²) >= 11 is 0. The molecular formula is C16H24N6O5. The second kappa shape index (κ2) is 8.13. The number of aliphatic hydroxyl groups is 2. The van der Waals surface area contributed by atoms with Crippen LogP contribution in [0.1, 0.15) is 31.9 Å². The quantitative estimate of drug-likeness (QED) is 0.348. The van der Waals surface area contributed by atoms with Crippen molar-refractivity contribution in [2.24, 2.45) is 5.73 Å². The molecule has 0 bridgehead atoms. The summed E-state index contributed by atoms with van der Waals surface area (Å²) in [4.78, 5) is 23.4. The van der Waals surface area contributed by atoms with Crippen LogP contribution < -0.4 is 11.5 Å². The van der Waals surface area contributed by atoms with Gasteiger partial charge in [-0.25, -0.2) is 15.0 Å². The number of esters is 1. The number of hydrogen-bond donors (Lipinski definition) is 4. The van der Waals surface area contributed by atoms with Crippen LogP contribution in [-0.4, -0.2) is 67.2 Å². The third-order valence-corrected chi connectivity index (χ3v) is 4.76. The number of fused-ring (bicyclic) bond motifs is 1. The molecule has 11 heteroatoms. The fraction of sp³-hybridized carbons (Fsp3) is 0.625. The Morgan fingerprint density at radius 2 is 2.11 bits per heavy atom. The van der Waals surface area contributed by atoms with Crippen LogP contribution in [0.2, 0.25) is 0 Å². The molecule has 1 saturated heterocycles. The monoisotopic (exact) mass is 380 g/mol. The number of methoxy groups -OCH3 is 1. The zero-order valence-corrected chi connectivity index (χ0v) is 14.9. The Labute approximate surface area is 155 Å². The van der Waals surface area contributed by atoms with Gasteiger partial charge in [0.15, 0.2) is 17.7 Å². The minimum absolute atomic E-state index is 0.227. The summed E-state index contributed by atoms with van der Waals surface area (Å²) in [6, 6.07) is -0.662. The molecule has 0 spiro atoms. The lowest BCUT2D eigenvalue weighted by molar-refractivity contribution is -0.142. The fourth-order valence-electron chi connectivity index (χ4n) is 3.23. The molecular weight excluding hydrogens is 356 g/mol. The van der Waals surface area contributed by atoms with E-state index in [2.05, 4.69) is 19.7 Å². The molecule has 2 aromatic heterocycles. The summed E-state index contributed by atoms with van der Waals surface area (Å²) in [6.45, 7) is 0. The highest BCUT2D eigenvalue weighted by molar-refractivity contribution is 5.81. The van der Waals surface area contributed by atoms with E-state index >= 15 is 0 Å². The molecule has 0 aliphatic carbocycles. The number of nitrogen functional groups attached to an aromatic ring is 1. The van der Waals surface area contributed by atoms with Crippen molar-refractivity contribution in [3.63, 3.8) is 0 Å². The van der Waals surface area contributed by atoms with E-state index in [0.29, 0.717) is 36.8 Å². The van der Waals surface area contributed by atoms with Crippen molar-refractivity contribution in [3.05, 3.63) is 12.7 Å². The number of nitrogens with two attached hydrogens (primary N) is 2. The summed E-state index contributed by atoms with van der Waals surface area (Å²) in [7, 11) is 1.30. The van der Waals surface area contributed by atoms with Gasteiger partial charge in [0.25, 0.3) is 0 Å². The topological polar surface area (TPSA) is 172 Å². The third kappa shape index (κ3) is 3.86. The number of imidazole rings is 1. The van der Waals surface area contributed by atoms with Gasteiger partial charge in [-0.05, 0) is 12.8 Å². The van der Waals surface area contributed by atoms with Crippen molar-refractivity contribution < 1.29 is 24.5 Å². The number of aromatic nitrogens is 4. The molecule has 27 heavy (non-hydrogen) atoms. The van der Waals surface area contributed by atoms with Crippen LogP contribution in [0.15, 0.2) is 12.7 Å². The lowest BCUT2D eigenvalue weighted by Crippen LogP contribution is -2.32. The second-order valence-corrected chi connectivity index (χ2v) is 6.54. The molecule has 5 atom stereocenters. The maximum Gasteiger partial charge on any atom is 0.322 e. The van der Waals surface area contributed by atoms with E-state index in [0.717, 1.165) is 0 Å². The molecule has 2 aromatic rings. The van der Waals surface area contributed by atoms with Gasteiger partial charge >= 0.3 is 5.97 Å². The van der Waals surface area contributed by atoms with E-state index < -0.39 is 36.6 Å². The van der Waals surface area contributed by atoms with Crippen LogP contribution in [0.4, 0.5) is 5.82 Å². The molecule has 1 aliphatic rings. The smallest absolute Gasteiger partial charge is 0.322 e. The van der Waals surface area contributed by atoms with Crippen molar-refractivity contribution in [3.8, 4) is 0 Å². The van der Waals surface area contributed by atoms with Gasteiger partial charge in [-0.15, -0.1) is 0 Å². The van der Waals surface area contributed by atoms with Gasteiger partial charge in [0, 0.05) is 0 Å². The molecule has 3 rings (SSSR count). The Hall–Kier alpha value is -2.34. The number of nitrogens with zero attached hydrogens (tertiary/aromatic N) is 4. The number of rotatable bonds is 7. The Kier molecular flexibility index (Phi) is 5.85. The maximum absolute atomic E-state index is 11.3. The average molecular weight is 380 g/mol. The number of unbranched alkanes of at least 4 members (excludes halogenated alkanes) is 1.